The van der Waals surface area contributed by atoms with Crippen LogP contribution < -0.4 is 0 Å². The second kappa shape index (κ2) is 33.2. The molecule has 1 atom stereocenters. The van der Waals surface area contributed by atoms with Gasteiger partial charge in [0.1, 0.15) is 0 Å². The fraction of sp³-hybridized carbons (Fsp3) is 1.00. The Labute approximate surface area is 271 Å². The van der Waals surface area contributed by atoms with Crippen LogP contribution >= 0.6 is 39.5 Å². The van der Waals surface area contributed by atoms with E-state index in [-0.39, 0.29) is 31.9 Å². The molecule has 3 nitrogen and oxygen atoms in total. The first-order valence-corrected chi connectivity index (χ1v) is 21.6. The van der Waals surface area contributed by atoms with Crippen molar-refractivity contribution in [1.82, 2.24) is 0 Å². The summed E-state index contributed by atoms with van der Waals surface area (Å²) in [6, 6.07) is 0. The van der Waals surface area contributed by atoms with Crippen molar-refractivity contribution >= 4 is 39.5 Å². The molecule has 0 aliphatic rings. The second-order valence-corrected chi connectivity index (χ2v) is 17.4. The Bertz CT molecular complexity index is 519. The molecule has 0 aromatic heterocycles. The number of hydrogen-bond acceptors (Lipinski definition) is 1. The Morgan fingerprint density at radius 3 is 0.850 bits per heavy atom. The molecule has 0 saturated carbocycles. The van der Waals surface area contributed by atoms with Crippen LogP contribution in [-0.2, 0) is 4.57 Å². The molecule has 40 heavy (non-hydrogen) atoms. The van der Waals surface area contributed by atoms with Crippen LogP contribution in [0, 0.1) is 0 Å². The summed E-state index contributed by atoms with van der Waals surface area (Å²) >= 11 is 0. The van der Waals surface area contributed by atoms with Crippen LogP contribution in [0.4, 0.5) is 0 Å². The van der Waals surface area contributed by atoms with Gasteiger partial charge in [-0.05, 0) is 31.3 Å². The maximum absolute atomic E-state index is 9.33. The highest BCUT2D eigenvalue weighted by Crippen LogP contribution is 2.49. The summed E-state index contributed by atoms with van der Waals surface area (Å²) in [6.07, 6.45) is 39.7. The number of halogens is 1. The van der Waals surface area contributed by atoms with Gasteiger partial charge in [-0.3, -0.25) is 4.57 Å². The van der Waals surface area contributed by atoms with Gasteiger partial charge in [0, 0.05) is 6.66 Å². The van der Waals surface area contributed by atoms with Crippen molar-refractivity contribution in [1.29, 1.82) is 0 Å². The fourth-order valence-corrected chi connectivity index (χ4v) is 6.65. The maximum Gasteiger partial charge on any atom is 0.322 e. The molecule has 2 N–H and O–H groups in total. The Morgan fingerprint density at radius 1 is 0.500 bits per heavy atom. The van der Waals surface area contributed by atoms with Gasteiger partial charge >= 0.3 is 7.60 Å². The number of rotatable bonds is 28. The van der Waals surface area contributed by atoms with Gasteiger partial charge in [0.2, 0.25) is 0 Å². The molecular weight excluding hydrogens is 645 g/mol. The molecule has 0 amide bonds. The van der Waals surface area contributed by atoms with Crippen molar-refractivity contribution in [3.05, 3.63) is 0 Å². The quantitative estimate of drug-likeness (QED) is 0.0481. The second-order valence-electron chi connectivity index (χ2n) is 12.9. The third-order valence-corrected chi connectivity index (χ3v) is 11.1. The molecule has 0 radical (unpaired) electrons. The first-order chi connectivity index (χ1) is 18.6. The van der Waals surface area contributed by atoms with Gasteiger partial charge in [-0.2, -0.15) is 0 Å². The van der Waals surface area contributed by atoms with E-state index in [0.717, 1.165) is 6.66 Å². The SMILES string of the molecule is CCCCCCCCCCCCCCCC(C)(CCCCCCCCCCCCCC)P(C)C.CP(=O)(O)O.I. The van der Waals surface area contributed by atoms with Gasteiger partial charge in [-0.25, -0.2) is 0 Å². The first-order valence-electron chi connectivity index (χ1n) is 17.3. The fourth-order valence-electron chi connectivity index (χ4n) is 5.44. The third kappa shape index (κ3) is 39.3. The van der Waals surface area contributed by atoms with E-state index >= 15 is 0 Å². The van der Waals surface area contributed by atoms with Gasteiger partial charge in [-0.1, -0.05) is 181 Å². The van der Waals surface area contributed by atoms with E-state index in [1.54, 1.807) is 0 Å². The van der Waals surface area contributed by atoms with Crippen molar-refractivity contribution in [2.24, 2.45) is 0 Å². The van der Waals surface area contributed by atoms with Crippen LogP contribution in [0.3, 0.4) is 0 Å². The molecule has 6 heteroatoms. The Hall–Kier alpha value is 1.31. The minimum Gasteiger partial charge on any atom is -0.325 e. The van der Waals surface area contributed by atoms with Gasteiger partial charge < -0.3 is 9.79 Å². The monoisotopic (exact) mass is 720 g/mol. The lowest BCUT2D eigenvalue weighted by molar-refractivity contribution is 0.381. The van der Waals surface area contributed by atoms with E-state index in [9.17, 15) is 4.57 Å². The topological polar surface area (TPSA) is 57.5 Å². The summed E-state index contributed by atoms with van der Waals surface area (Å²) in [4.78, 5) is 15.3. The van der Waals surface area contributed by atoms with Crippen LogP contribution in [-0.4, -0.2) is 34.9 Å². The molecule has 0 aliphatic carbocycles. The molecule has 0 heterocycles. The van der Waals surface area contributed by atoms with Crippen LogP contribution in [0.15, 0.2) is 0 Å². The van der Waals surface area contributed by atoms with Crippen molar-refractivity contribution in [2.45, 2.75) is 199 Å². The zero-order chi connectivity index (χ0) is 29.7. The van der Waals surface area contributed by atoms with Gasteiger partial charge in [0.25, 0.3) is 0 Å². The lowest BCUT2D eigenvalue weighted by Crippen LogP contribution is -2.21. The van der Waals surface area contributed by atoms with Crippen molar-refractivity contribution in [3.63, 3.8) is 0 Å². The molecule has 0 fully saturated rings. The molecule has 0 aromatic rings. The highest BCUT2D eigenvalue weighted by atomic mass is 127. The van der Waals surface area contributed by atoms with Crippen molar-refractivity contribution in [3.8, 4) is 0 Å². The normalized spacial score (nSPS) is 13.0. The van der Waals surface area contributed by atoms with Crippen LogP contribution in [0.1, 0.15) is 194 Å². The summed E-state index contributed by atoms with van der Waals surface area (Å²) in [5.41, 5.74) is 0. The van der Waals surface area contributed by atoms with Crippen molar-refractivity contribution < 1.29 is 14.4 Å². The van der Waals surface area contributed by atoms with Gasteiger partial charge in [0.05, 0.1) is 0 Å². The standard InChI is InChI=1S/C33H69P.CH5O3P.HI/c1-6-8-10-12-14-16-18-20-22-24-26-28-30-32-33(3,34(4)5)31-29-27-25-23-21-19-17-15-13-11-9-7-2;1-5(2,3)4;/h6-32H2,1-5H3;1H3,(H2,2,3,4);1H. The predicted molar refractivity (Wildman–Crippen MR) is 197 cm³/mol. The highest BCUT2D eigenvalue weighted by Gasteiger charge is 2.26. The van der Waals surface area contributed by atoms with E-state index in [0.29, 0.717) is 5.16 Å². The molecule has 0 rings (SSSR count). The van der Waals surface area contributed by atoms with Crippen LogP contribution in [0.5, 0.6) is 0 Å². The molecule has 0 aromatic carbocycles. The zero-order valence-electron chi connectivity index (χ0n) is 28.2. The Morgan fingerprint density at radius 2 is 0.675 bits per heavy atom. The summed E-state index contributed by atoms with van der Waals surface area (Å²) < 4.78 is 9.33. The molecule has 0 spiro atoms. The average molecular weight is 721 g/mol. The minimum atomic E-state index is -3.64. The number of unbranched alkanes of at least 4 members (excludes halogenated alkanes) is 23. The van der Waals surface area contributed by atoms with Crippen molar-refractivity contribution in [2.75, 3.05) is 20.0 Å². The summed E-state index contributed by atoms with van der Waals surface area (Å²) in [7, 11) is -3.46. The minimum absolute atomic E-state index is 0. The smallest absolute Gasteiger partial charge is 0.322 e. The first kappa shape index (κ1) is 45.7. The molecule has 0 bridgehead atoms. The Balaban J connectivity index is -0.00000208. The maximum atomic E-state index is 9.33. The predicted octanol–water partition coefficient (Wildman–Crippen LogP) is 13.5. The lowest BCUT2D eigenvalue weighted by atomic mass is 9.94. The third-order valence-electron chi connectivity index (χ3n) is 8.47. The summed E-state index contributed by atoms with van der Waals surface area (Å²) in [5, 5.41) is 0.644. The van der Waals surface area contributed by atoms with E-state index in [1.165, 1.54) is 173 Å². The molecule has 1 unspecified atom stereocenters. The van der Waals surface area contributed by atoms with Crippen LogP contribution in [0.2, 0.25) is 0 Å². The highest BCUT2D eigenvalue weighted by molar-refractivity contribution is 14.0. The summed E-state index contributed by atoms with van der Waals surface area (Å²) in [6.45, 7) is 13.2. The summed E-state index contributed by atoms with van der Waals surface area (Å²) in [5.74, 6) is 0. The largest absolute Gasteiger partial charge is 0.325 e. The molecular formula is C34H75IO3P2. The number of hydrogen-bond donors (Lipinski definition) is 2. The molecule has 0 aliphatic heterocycles. The molecule has 246 valence electrons. The van der Waals surface area contributed by atoms with E-state index in [2.05, 4.69) is 34.1 Å². The lowest BCUT2D eigenvalue weighted by Gasteiger charge is -2.34. The van der Waals surface area contributed by atoms with E-state index in [1.807, 2.05) is 0 Å². The Kier molecular flexibility index (Phi) is 38.0. The van der Waals surface area contributed by atoms with E-state index in [4.69, 9.17) is 9.79 Å². The van der Waals surface area contributed by atoms with Crippen LogP contribution in [0.25, 0.3) is 0 Å². The molecule has 0 saturated heterocycles. The van der Waals surface area contributed by atoms with Gasteiger partial charge in [-0.15, -0.1) is 31.9 Å². The average Bonchev–Trinajstić information content (AvgIpc) is 2.86. The van der Waals surface area contributed by atoms with Gasteiger partial charge in [0.15, 0.2) is 0 Å². The zero-order valence-corrected chi connectivity index (χ0v) is 32.3. The van der Waals surface area contributed by atoms with E-state index < -0.39 is 7.60 Å².